The number of nitrogens with zero attached hydrogens (tertiary/aromatic N) is 2. The number of amides is 1. The Labute approximate surface area is 129 Å². The van der Waals surface area contributed by atoms with Crippen LogP contribution in [0.4, 0.5) is 5.69 Å². The van der Waals surface area contributed by atoms with Crippen molar-refractivity contribution in [1.82, 2.24) is 10.3 Å². The van der Waals surface area contributed by atoms with Crippen LogP contribution in [-0.4, -0.2) is 22.4 Å². The van der Waals surface area contributed by atoms with Crippen LogP contribution in [0.3, 0.4) is 0 Å². The van der Waals surface area contributed by atoms with E-state index in [0.717, 1.165) is 5.01 Å². The zero-order chi connectivity index (χ0) is 15.4. The molecule has 6 nitrogen and oxygen atoms in total. The quantitative estimate of drug-likeness (QED) is 0.675. The smallest absolute Gasteiger partial charge is 0.270 e. The Morgan fingerprint density at radius 3 is 2.95 bits per heavy atom. The molecule has 8 heteroatoms. The van der Waals surface area contributed by atoms with Crippen molar-refractivity contribution < 1.29 is 9.72 Å². The highest BCUT2D eigenvalue weighted by molar-refractivity contribution is 7.09. The summed E-state index contributed by atoms with van der Waals surface area (Å²) in [7, 11) is 0. The SMILES string of the molecule is CC(CNC(=O)c1cc([N+](=O)[O-])ccc1Cl)c1nccs1. The van der Waals surface area contributed by atoms with E-state index >= 15 is 0 Å². The topological polar surface area (TPSA) is 85.1 Å². The number of thiazole rings is 1. The van der Waals surface area contributed by atoms with Crippen LogP contribution in [0.1, 0.15) is 28.2 Å². The summed E-state index contributed by atoms with van der Waals surface area (Å²) in [5.41, 5.74) is -0.0743. The number of nitro benzene ring substituents is 1. The van der Waals surface area contributed by atoms with Crippen LogP contribution in [-0.2, 0) is 0 Å². The van der Waals surface area contributed by atoms with Crippen LogP contribution < -0.4 is 5.32 Å². The molecule has 2 aromatic rings. The van der Waals surface area contributed by atoms with Crippen molar-refractivity contribution in [3.05, 3.63) is 55.5 Å². The highest BCUT2D eigenvalue weighted by atomic mass is 35.5. The lowest BCUT2D eigenvalue weighted by Crippen LogP contribution is -2.27. The summed E-state index contributed by atoms with van der Waals surface area (Å²) in [6.45, 7) is 2.32. The molecule has 0 saturated carbocycles. The molecule has 1 N–H and O–H groups in total. The molecule has 0 fully saturated rings. The van der Waals surface area contributed by atoms with Gasteiger partial charge in [-0.1, -0.05) is 18.5 Å². The van der Waals surface area contributed by atoms with Crippen LogP contribution in [0.2, 0.25) is 5.02 Å². The molecule has 0 saturated heterocycles. The molecule has 0 aliphatic carbocycles. The Morgan fingerprint density at radius 1 is 1.57 bits per heavy atom. The van der Waals surface area contributed by atoms with Crippen molar-refractivity contribution >= 4 is 34.5 Å². The second-order valence-corrected chi connectivity index (χ2v) is 5.74. The summed E-state index contributed by atoms with van der Waals surface area (Å²) in [6, 6.07) is 3.78. The molecule has 1 atom stereocenters. The van der Waals surface area contributed by atoms with E-state index in [1.807, 2.05) is 12.3 Å². The van der Waals surface area contributed by atoms with Crippen molar-refractivity contribution in [2.24, 2.45) is 0 Å². The molecule has 21 heavy (non-hydrogen) atoms. The van der Waals surface area contributed by atoms with Gasteiger partial charge in [0, 0.05) is 36.2 Å². The first kappa shape index (κ1) is 15.4. The lowest BCUT2D eigenvalue weighted by Gasteiger charge is -2.10. The Bertz CT molecular complexity index is 661. The number of rotatable bonds is 5. The molecule has 2 rings (SSSR count). The number of nitro groups is 1. The van der Waals surface area contributed by atoms with E-state index in [9.17, 15) is 14.9 Å². The fourth-order valence-electron chi connectivity index (χ4n) is 1.71. The lowest BCUT2D eigenvalue weighted by molar-refractivity contribution is -0.384. The zero-order valence-electron chi connectivity index (χ0n) is 11.1. The van der Waals surface area contributed by atoms with Crippen LogP contribution in [0, 0.1) is 10.1 Å². The minimum atomic E-state index is -0.564. The van der Waals surface area contributed by atoms with Crippen LogP contribution >= 0.6 is 22.9 Å². The van der Waals surface area contributed by atoms with Crippen LogP contribution in [0.5, 0.6) is 0 Å². The number of non-ortho nitro benzene ring substituents is 1. The first-order valence-corrected chi connectivity index (χ1v) is 7.36. The van der Waals surface area contributed by atoms with E-state index < -0.39 is 10.8 Å². The van der Waals surface area contributed by atoms with E-state index in [-0.39, 0.29) is 22.2 Å². The van der Waals surface area contributed by atoms with E-state index in [0.29, 0.717) is 6.54 Å². The van der Waals surface area contributed by atoms with Crippen LogP contribution in [0.25, 0.3) is 0 Å². The third-order valence-corrected chi connectivity index (χ3v) is 4.18. The van der Waals surface area contributed by atoms with Crippen molar-refractivity contribution in [2.45, 2.75) is 12.8 Å². The second-order valence-electron chi connectivity index (χ2n) is 4.40. The highest BCUT2D eigenvalue weighted by Crippen LogP contribution is 2.22. The lowest BCUT2D eigenvalue weighted by atomic mass is 10.1. The molecule has 0 radical (unpaired) electrons. The van der Waals surface area contributed by atoms with Gasteiger partial charge in [-0.2, -0.15) is 0 Å². The second kappa shape index (κ2) is 6.64. The molecule has 1 unspecified atom stereocenters. The summed E-state index contributed by atoms with van der Waals surface area (Å²) in [4.78, 5) is 26.4. The number of hydrogen-bond donors (Lipinski definition) is 1. The molecule has 1 aromatic heterocycles. The van der Waals surface area contributed by atoms with Gasteiger partial charge in [0.25, 0.3) is 11.6 Å². The van der Waals surface area contributed by atoms with Crippen molar-refractivity contribution in [1.29, 1.82) is 0 Å². The summed E-state index contributed by atoms with van der Waals surface area (Å²) >= 11 is 7.43. The largest absolute Gasteiger partial charge is 0.351 e. The van der Waals surface area contributed by atoms with Crippen molar-refractivity contribution in [2.75, 3.05) is 6.54 Å². The Morgan fingerprint density at radius 2 is 2.33 bits per heavy atom. The maximum absolute atomic E-state index is 12.1. The average Bonchev–Trinajstić information content (AvgIpc) is 2.98. The summed E-state index contributed by atoms with van der Waals surface area (Å²) in [6.07, 6.45) is 1.70. The average molecular weight is 326 g/mol. The van der Waals surface area contributed by atoms with E-state index in [1.54, 1.807) is 6.20 Å². The normalized spacial score (nSPS) is 11.9. The Hall–Kier alpha value is -1.99. The van der Waals surface area contributed by atoms with Gasteiger partial charge in [-0.05, 0) is 6.07 Å². The minimum absolute atomic E-state index is 0.0615. The molecule has 1 heterocycles. The minimum Gasteiger partial charge on any atom is -0.351 e. The molecule has 0 bridgehead atoms. The van der Waals surface area contributed by atoms with E-state index in [1.165, 1.54) is 29.5 Å². The van der Waals surface area contributed by atoms with Gasteiger partial charge in [0.15, 0.2) is 0 Å². The number of benzene rings is 1. The number of carbonyl (C=O) groups is 1. The third kappa shape index (κ3) is 3.77. The standard InChI is InChI=1S/C13H12ClN3O3S/c1-8(13-15-4-5-21-13)7-16-12(18)10-6-9(17(19)20)2-3-11(10)14/h2-6,8H,7H2,1H3,(H,16,18). The Balaban J connectivity index is 2.06. The van der Waals surface area contributed by atoms with Crippen LogP contribution in [0.15, 0.2) is 29.8 Å². The van der Waals surface area contributed by atoms with Gasteiger partial charge in [0.1, 0.15) is 0 Å². The van der Waals surface area contributed by atoms with E-state index in [4.69, 9.17) is 11.6 Å². The molecule has 1 amide bonds. The van der Waals surface area contributed by atoms with Gasteiger partial charge < -0.3 is 5.32 Å². The molecule has 1 aromatic carbocycles. The predicted molar refractivity (Wildman–Crippen MR) is 81.0 cm³/mol. The van der Waals surface area contributed by atoms with Gasteiger partial charge in [-0.3, -0.25) is 14.9 Å². The fourth-order valence-corrected chi connectivity index (χ4v) is 2.61. The fraction of sp³-hybridized carbons (Fsp3) is 0.231. The third-order valence-electron chi connectivity index (χ3n) is 2.85. The molecular formula is C13H12ClN3O3S. The maximum Gasteiger partial charge on any atom is 0.270 e. The summed E-state index contributed by atoms with van der Waals surface area (Å²) < 4.78 is 0. The maximum atomic E-state index is 12.1. The van der Waals surface area contributed by atoms with Crippen molar-refractivity contribution in [3.63, 3.8) is 0 Å². The first-order valence-electron chi connectivity index (χ1n) is 6.10. The number of halogens is 1. The van der Waals surface area contributed by atoms with E-state index in [2.05, 4.69) is 10.3 Å². The number of nitrogens with one attached hydrogen (secondary N) is 1. The summed E-state index contributed by atoms with van der Waals surface area (Å²) in [5.74, 6) is -0.376. The molecule has 110 valence electrons. The van der Waals surface area contributed by atoms with Gasteiger partial charge in [0.05, 0.1) is 20.5 Å². The highest BCUT2D eigenvalue weighted by Gasteiger charge is 2.17. The Kier molecular flexibility index (Phi) is 4.87. The molecule has 0 aliphatic heterocycles. The van der Waals surface area contributed by atoms with Crippen molar-refractivity contribution in [3.8, 4) is 0 Å². The number of carbonyl (C=O) groups excluding carboxylic acids is 1. The number of aromatic nitrogens is 1. The first-order chi connectivity index (χ1) is 9.99. The van der Waals surface area contributed by atoms with Gasteiger partial charge in [-0.15, -0.1) is 11.3 Å². The number of hydrogen-bond acceptors (Lipinski definition) is 5. The molecule has 0 aliphatic rings. The van der Waals surface area contributed by atoms with Gasteiger partial charge in [-0.25, -0.2) is 4.98 Å². The van der Waals surface area contributed by atoms with Gasteiger partial charge >= 0.3 is 0 Å². The summed E-state index contributed by atoms with van der Waals surface area (Å²) in [5, 5.41) is 16.4. The van der Waals surface area contributed by atoms with Gasteiger partial charge in [0.2, 0.25) is 0 Å². The monoisotopic (exact) mass is 325 g/mol. The zero-order valence-corrected chi connectivity index (χ0v) is 12.6. The molecular weight excluding hydrogens is 314 g/mol. The molecule has 0 spiro atoms. The predicted octanol–water partition coefficient (Wildman–Crippen LogP) is 3.24.